The first-order chi connectivity index (χ1) is 10.4. The smallest absolute Gasteiger partial charge is 0.230 e. The van der Waals surface area contributed by atoms with E-state index in [1.807, 2.05) is 24.4 Å². The minimum absolute atomic E-state index is 0.0854. The lowest BCUT2D eigenvalue weighted by atomic mass is 10.1. The van der Waals surface area contributed by atoms with Gasteiger partial charge >= 0.3 is 0 Å². The Kier molecular flexibility index (Phi) is 5.56. The maximum absolute atomic E-state index is 12.1. The third-order valence-electron chi connectivity index (χ3n) is 3.37. The van der Waals surface area contributed by atoms with Crippen molar-refractivity contribution in [2.75, 3.05) is 5.32 Å². The molecule has 1 heterocycles. The van der Waals surface area contributed by atoms with E-state index in [0.717, 1.165) is 16.3 Å². The Morgan fingerprint density at radius 3 is 2.82 bits per heavy atom. The van der Waals surface area contributed by atoms with Gasteiger partial charge in [0.1, 0.15) is 5.01 Å². The van der Waals surface area contributed by atoms with Crippen LogP contribution in [0.25, 0.3) is 0 Å². The van der Waals surface area contributed by atoms with E-state index < -0.39 is 0 Å². The van der Waals surface area contributed by atoms with Gasteiger partial charge in [0.2, 0.25) is 5.91 Å². The second-order valence-electron chi connectivity index (χ2n) is 5.64. The fourth-order valence-electron chi connectivity index (χ4n) is 1.88. The molecule has 0 saturated heterocycles. The Labute approximate surface area is 139 Å². The molecule has 22 heavy (non-hydrogen) atoms. The van der Waals surface area contributed by atoms with Crippen LogP contribution in [0.2, 0.25) is 5.02 Å². The Morgan fingerprint density at radius 1 is 1.45 bits per heavy atom. The van der Waals surface area contributed by atoms with E-state index in [0.29, 0.717) is 16.6 Å². The topological polar surface area (TPSA) is 68.0 Å². The maximum atomic E-state index is 12.1. The van der Waals surface area contributed by atoms with Crippen molar-refractivity contribution in [3.63, 3.8) is 0 Å². The molecule has 0 fully saturated rings. The van der Waals surface area contributed by atoms with Gasteiger partial charge in [0, 0.05) is 16.1 Å². The summed E-state index contributed by atoms with van der Waals surface area (Å²) in [7, 11) is 0. The summed E-state index contributed by atoms with van der Waals surface area (Å²) in [5.74, 6) is 0.206. The summed E-state index contributed by atoms with van der Waals surface area (Å²) in [5, 5.41) is 6.23. The molecule has 2 aromatic rings. The SMILES string of the molecule is Cc1ccc(NC(=O)Cc2csc(C(N)C(C)C)n2)cc1Cl. The molecule has 0 spiro atoms. The van der Waals surface area contributed by atoms with Crippen LogP contribution in [0, 0.1) is 12.8 Å². The largest absolute Gasteiger partial charge is 0.326 e. The molecule has 4 nitrogen and oxygen atoms in total. The molecule has 1 amide bonds. The van der Waals surface area contributed by atoms with Crippen molar-refractivity contribution in [3.8, 4) is 0 Å². The third kappa shape index (κ3) is 4.29. The number of nitrogens with zero attached hydrogens (tertiary/aromatic N) is 1. The molecule has 2 rings (SSSR count). The number of carbonyl (C=O) groups excluding carboxylic acids is 1. The van der Waals surface area contributed by atoms with Crippen LogP contribution in [-0.4, -0.2) is 10.9 Å². The van der Waals surface area contributed by atoms with Crippen LogP contribution in [0.5, 0.6) is 0 Å². The number of aromatic nitrogens is 1. The molecule has 1 unspecified atom stereocenters. The summed E-state index contributed by atoms with van der Waals surface area (Å²) >= 11 is 7.55. The number of halogens is 1. The molecule has 0 bridgehead atoms. The molecule has 0 aliphatic heterocycles. The fraction of sp³-hybridized carbons (Fsp3) is 0.375. The highest BCUT2D eigenvalue weighted by molar-refractivity contribution is 7.09. The maximum Gasteiger partial charge on any atom is 0.230 e. The summed E-state index contributed by atoms with van der Waals surface area (Å²) < 4.78 is 0. The lowest BCUT2D eigenvalue weighted by Gasteiger charge is -2.11. The van der Waals surface area contributed by atoms with Crippen LogP contribution >= 0.6 is 22.9 Å². The van der Waals surface area contributed by atoms with Crippen molar-refractivity contribution in [1.82, 2.24) is 4.98 Å². The highest BCUT2D eigenvalue weighted by Gasteiger charge is 2.16. The second-order valence-corrected chi connectivity index (χ2v) is 6.93. The lowest BCUT2D eigenvalue weighted by Crippen LogP contribution is -2.17. The van der Waals surface area contributed by atoms with E-state index in [1.165, 1.54) is 11.3 Å². The first kappa shape index (κ1) is 16.9. The molecule has 0 saturated carbocycles. The predicted octanol–water partition coefficient (Wildman–Crippen LogP) is 3.94. The van der Waals surface area contributed by atoms with Crippen LogP contribution in [0.15, 0.2) is 23.6 Å². The standard InChI is InChI=1S/C16H20ClN3OS/c1-9(2)15(18)16-20-12(8-22-16)7-14(21)19-11-5-4-10(3)13(17)6-11/h4-6,8-9,15H,7,18H2,1-3H3,(H,19,21). The van der Waals surface area contributed by atoms with Gasteiger partial charge in [-0.25, -0.2) is 4.98 Å². The normalized spacial score (nSPS) is 12.5. The molecule has 118 valence electrons. The Balaban J connectivity index is 1.98. The van der Waals surface area contributed by atoms with Gasteiger partial charge in [0.15, 0.2) is 0 Å². The van der Waals surface area contributed by atoms with Crippen LogP contribution in [0.1, 0.15) is 36.2 Å². The van der Waals surface area contributed by atoms with Crippen molar-refractivity contribution in [1.29, 1.82) is 0 Å². The predicted molar refractivity (Wildman–Crippen MR) is 92.4 cm³/mol. The second kappa shape index (κ2) is 7.22. The van der Waals surface area contributed by atoms with Gasteiger partial charge in [-0.2, -0.15) is 0 Å². The van der Waals surface area contributed by atoms with E-state index in [1.54, 1.807) is 6.07 Å². The number of hydrogen-bond donors (Lipinski definition) is 2. The number of hydrogen-bond acceptors (Lipinski definition) is 4. The summed E-state index contributed by atoms with van der Waals surface area (Å²) in [4.78, 5) is 16.5. The number of amides is 1. The van der Waals surface area contributed by atoms with E-state index in [-0.39, 0.29) is 18.4 Å². The van der Waals surface area contributed by atoms with Crippen LogP contribution in [-0.2, 0) is 11.2 Å². The van der Waals surface area contributed by atoms with Gasteiger partial charge in [-0.15, -0.1) is 11.3 Å². The van der Waals surface area contributed by atoms with Gasteiger partial charge in [0.25, 0.3) is 0 Å². The number of thiazole rings is 1. The molecule has 0 radical (unpaired) electrons. The number of nitrogens with one attached hydrogen (secondary N) is 1. The van der Waals surface area contributed by atoms with E-state index in [2.05, 4.69) is 24.1 Å². The first-order valence-electron chi connectivity index (χ1n) is 7.12. The van der Waals surface area contributed by atoms with Crippen LogP contribution in [0.3, 0.4) is 0 Å². The van der Waals surface area contributed by atoms with Gasteiger partial charge < -0.3 is 11.1 Å². The quantitative estimate of drug-likeness (QED) is 0.868. The van der Waals surface area contributed by atoms with Crippen molar-refractivity contribution in [2.24, 2.45) is 11.7 Å². The van der Waals surface area contributed by atoms with Crippen LogP contribution in [0.4, 0.5) is 5.69 Å². The molecule has 1 atom stereocenters. The minimum Gasteiger partial charge on any atom is -0.326 e. The fourth-order valence-corrected chi connectivity index (χ4v) is 3.06. The third-order valence-corrected chi connectivity index (χ3v) is 4.77. The lowest BCUT2D eigenvalue weighted by molar-refractivity contribution is -0.115. The van der Waals surface area contributed by atoms with Crippen molar-refractivity contribution < 1.29 is 4.79 Å². The zero-order valence-electron chi connectivity index (χ0n) is 12.9. The first-order valence-corrected chi connectivity index (χ1v) is 8.38. The minimum atomic E-state index is -0.116. The van der Waals surface area contributed by atoms with Gasteiger partial charge in [-0.05, 0) is 30.5 Å². The molecule has 1 aromatic carbocycles. The number of carbonyl (C=O) groups is 1. The van der Waals surface area contributed by atoms with Crippen LogP contribution < -0.4 is 11.1 Å². The van der Waals surface area contributed by atoms with E-state index in [4.69, 9.17) is 17.3 Å². The average molecular weight is 338 g/mol. The highest BCUT2D eigenvalue weighted by atomic mass is 35.5. The van der Waals surface area contributed by atoms with Crippen molar-refractivity contribution in [2.45, 2.75) is 33.2 Å². The molecule has 6 heteroatoms. The number of nitrogens with two attached hydrogens (primary N) is 1. The summed E-state index contributed by atoms with van der Waals surface area (Å²) in [5.41, 5.74) is 8.48. The monoisotopic (exact) mass is 337 g/mol. The highest BCUT2D eigenvalue weighted by Crippen LogP contribution is 2.23. The molecular weight excluding hydrogens is 318 g/mol. The molecule has 0 aliphatic rings. The number of anilines is 1. The molecule has 1 aromatic heterocycles. The number of aryl methyl sites for hydroxylation is 1. The summed E-state index contributed by atoms with van der Waals surface area (Å²) in [6.07, 6.45) is 0.229. The number of benzene rings is 1. The molecule has 0 aliphatic carbocycles. The van der Waals surface area contributed by atoms with Gasteiger partial charge in [0.05, 0.1) is 18.2 Å². The number of rotatable bonds is 5. The zero-order valence-corrected chi connectivity index (χ0v) is 14.5. The van der Waals surface area contributed by atoms with Gasteiger partial charge in [-0.3, -0.25) is 4.79 Å². The van der Waals surface area contributed by atoms with E-state index in [9.17, 15) is 4.79 Å². The van der Waals surface area contributed by atoms with Crippen molar-refractivity contribution >= 4 is 34.5 Å². The Morgan fingerprint density at radius 2 is 2.18 bits per heavy atom. The zero-order chi connectivity index (χ0) is 16.3. The average Bonchev–Trinajstić information content (AvgIpc) is 2.90. The van der Waals surface area contributed by atoms with E-state index >= 15 is 0 Å². The van der Waals surface area contributed by atoms with Gasteiger partial charge in [-0.1, -0.05) is 31.5 Å². The Hall–Kier alpha value is -1.43. The summed E-state index contributed by atoms with van der Waals surface area (Å²) in [6.45, 7) is 6.03. The molecular formula is C16H20ClN3OS. The Bertz CT molecular complexity index is 669. The summed E-state index contributed by atoms with van der Waals surface area (Å²) in [6, 6.07) is 5.37. The molecule has 3 N–H and O–H groups in total. The van der Waals surface area contributed by atoms with Crippen molar-refractivity contribution in [3.05, 3.63) is 44.9 Å².